The van der Waals surface area contributed by atoms with E-state index in [2.05, 4.69) is 4.98 Å². The van der Waals surface area contributed by atoms with Crippen molar-refractivity contribution in [3.8, 4) is 0 Å². The molecule has 0 radical (unpaired) electrons. The highest BCUT2D eigenvalue weighted by Gasteiger charge is 2.30. The van der Waals surface area contributed by atoms with Gasteiger partial charge in [0.1, 0.15) is 0 Å². The van der Waals surface area contributed by atoms with Crippen LogP contribution in [-0.2, 0) is 12.6 Å². The largest absolute Gasteiger partial charge is 0.417 e. The van der Waals surface area contributed by atoms with Crippen molar-refractivity contribution < 1.29 is 22.0 Å². The maximum Gasteiger partial charge on any atom is 0.417 e. The fourth-order valence-corrected chi connectivity index (χ4v) is 1.84. The van der Waals surface area contributed by atoms with E-state index in [4.69, 9.17) is 5.73 Å². The second kappa shape index (κ2) is 5.77. The minimum Gasteiger partial charge on any atom is -0.322 e. The number of alkyl halides is 3. The summed E-state index contributed by atoms with van der Waals surface area (Å²) in [6, 6.07) is 4.82. The summed E-state index contributed by atoms with van der Waals surface area (Å²) in [5, 5.41) is 0. The highest BCUT2D eigenvalue weighted by atomic mass is 19.4. The summed E-state index contributed by atoms with van der Waals surface area (Å²) in [5.41, 5.74) is 5.10. The molecule has 21 heavy (non-hydrogen) atoms. The lowest BCUT2D eigenvalue weighted by molar-refractivity contribution is -0.137. The molecule has 1 unspecified atom stereocenters. The average Bonchev–Trinajstić information content (AvgIpc) is 2.43. The monoisotopic (exact) mass is 302 g/mol. The van der Waals surface area contributed by atoms with Gasteiger partial charge in [0.2, 0.25) is 0 Å². The molecule has 1 atom stereocenters. The van der Waals surface area contributed by atoms with Gasteiger partial charge in [0.15, 0.2) is 11.6 Å². The summed E-state index contributed by atoms with van der Waals surface area (Å²) in [7, 11) is 0. The Balaban J connectivity index is 2.17. The Morgan fingerprint density at radius 2 is 1.81 bits per heavy atom. The maximum absolute atomic E-state index is 13.5. The van der Waals surface area contributed by atoms with Crippen molar-refractivity contribution in [3.63, 3.8) is 0 Å². The fraction of sp³-hybridized carbons (Fsp3) is 0.214. The van der Waals surface area contributed by atoms with Gasteiger partial charge in [-0.2, -0.15) is 13.2 Å². The van der Waals surface area contributed by atoms with Gasteiger partial charge < -0.3 is 5.73 Å². The molecule has 0 saturated heterocycles. The van der Waals surface area contributed by atoms with Crippen LogP contribution < -0.4 is 5.73 Å². The molecule has 112 valence electrons. The number of nitrogens with two attached hydrogens (primary N) is 1. The first-order valence-electron chi connectivity index (χ1n) is 6.00. The maximum atomic E-state index is 13.5. The third kappa shape index (κ3) is 3.55. The molecule has 2 N–H and O–H groups in total. The highest BCUT2D eigenvalue weighted by molar-refractivity contribution is 5.24. The quantitative estimate of drug-likeness (QED) is 0.880. The number of hydrogen-bond acceptors (Lipinski definition) is 2. The van der Waals surface area contributed by atoms with Crippen molar-refractivity contribution >= 4 is 0 Å². The lowest BCUT2D eigenvalue weighted by atomic mass is 10.0. The van der Waals surface area contributed by atoms with Gasteiger partial charge in [0.05, 0.1) is 17.3 Å². The summed E-state index contributed by atoms with van der Waals surface area (Å²) in [6.07, 6.45) is -3.89. The zero-order valence-electron chi connectivity index (χ0n) is 10.7. The minimum atomic E-state index is -4.48. The van der Waals surface area contributed by atoms with Gasteiger partial charge in [-0.3, -0.25) is 4.98 Å². The van der Waals surface area contributed by atoms with Crippen LogP contribution in [0.5, 0.6) is 0 Å². The average molecular weight is 302 g/mol. The third-order valence-electron chi connectivity index (χ3n) is 2.96. The van der Waals surface area contributed by atoms with E-state index < -0.39 is 29.4 Å². The zero-order chi connectivity index (χ0) is 15.6. The summed E-state index contributed by atoms with van der Waals surface area (Å²) in [6.45, 7) is 0. The van der Waals surface area contributed by atoms with Crippen molar-refractivity contribution in [1.82, 2.24) is 4.98 Å². The van der Waals surface area contributed by atoms with E-state index in [-0.39, 0.29) is 17.7 Å². The van der Waals surface area contributed by atoms with Crippen molar-refractivity contribution in [1.29, 1.82) is 0 Å². The molecule has 0 bridgehead atoms. The summed E-state index contributed by atoms with van der Waals surface area (Å²) >= 11 is 0. The Bertz CT molecular complexity index is 622. The number of pyridine rings is 1. The predicted octanol–water partition coefficient (Wildman–Crippen LogP) is 3.62. The number of hydrogen-bond donors (Lipinski definition) is 1. The molecule has 0 aliphatic heterocycles. The molecule has 0 aliphatic carbocycles. The minimum absolute atomic E-state index is 0.0456. The van der Waals surface area contributed by atoms with Crippen molar-refractivity contribution in [2.45, 2.75) is 18.6 Å². The second-order valence-corrected chi connectivity index (χ2v) is 4.49. The molecule has 1 heterocycles. The lowest BCUT2D eigenvalue weighted by Gasteiger charge is -2.13. The Morgan fingerprint density at radius 1 is 1.10 bits per heavy atom. The van der Waals surface area contributed by atoms with E-state index in [1.54, 1.807) is 0 Å². The zero-order valence-corrected chi connectivity index (χ0v) is 10.7. The van der Waals surface area contributed by atoms with E-state index in [1.165, 1.54) is 12.1 Å². The molecule has 2 rings (SSSR count). The van der Waals surface area contributed by atoms with Gasteiger partial charge >= 0.3 is 6.18 Å². The molecule has 0 aliphatic rings. The van der Waals surface area contributed by atoms with Crippen molar-refractivity contribution in [2.24, 2.45) is 5.73 Å². The number of nitrogens with zero attached hydrogens (tertiary/aromatic N) is 1. The Morgan fingerprint density at radius 3 is 2.38 bits per heavy atom. The first-order chi connectivity index (χ1) is 9.79. The van der Waals surface area contributed by atoms with E-state index in [0.717, 1.165) is 18.2 Å². The molecule has 7 heteroatoms. The van der Waals surface area contributed by atoms with Crippen LogP contribution in [0, 0.1) is 11.6 Å². The second-order valence-electron chi connectivity index (χ2n) is 4.49. The van der Waals surface area contributed by atoms with Gasteiger partial charge in [0.25, 0.3) is 0 Å². The summed E-state index contributed by atoms with van der Waals surface area (Å²) in [5.74, 6) is -2.01. The van der Waals surface area contributed by atoms with Gasteiger partial charge in [0, 0.05) is 6.20 Å². The van der Waals surface area contributed by atoms with Crippen LogP contribution in [0.25, 0.3) is 0 Å². The van der Waals surface area contributed by atoms with Crippen molar-refractivity contribution in [3.05, 3.63) is 65.0 Å². The molecular formula is C14H11F5N2. The molecular weight excluding hydrogens is 291 g/mol. The molecule has 2 aromatic rings. The van der Waals surface area contributed by atoms with E-state index >= 15 is 0 Å². The number of halogens is 5. The van der Waals surface area contributed by atoms with Crippen LogP contribution in [0.2, 0.25) is 0 Å². The molecule has 1 aromatic heterocycles. The number of rotatable bonds is 3. The van der Waals surface area contributed by atoms with Crippen LogP contribution in [0.15, 0.2) is 36.5 Å². The van der Waals surface area contributed by atoms with Crippen LogP contribution in [0.4, 0.5) is 22.0 Å². The Labute approximate surface area is 117 Å². The van der Waals surface area contributed by atoms with Gasteiger partial charge in [-0.05, 0) is 30.2 Å². The Kier molecular flexibility index (Phi) is 4.22. The first-order valence-corrected chi connectivity index (χ1v) is 6.00. The highest BCUT2D eigenvalue weighted by Crippen LogP contribution is 2.29. The van der Waals surface area contributed by atoms with Crippen LogP contribution in [0.3, 0.4) is 0 Å². The van der Waals surface area contributed by atoms with Crippen LogP contribution in [0.1, 0.15) is 22.9 Å². The predicted molar refractivity (Wildman–Crippen MR) is 66.2 cm³/mol. The molecule has 2 nitrogen and oxygen atoms in total. The number of aromatic nitrogens is 1. The molecule has 1 aromatic carbocycles. The molecule has 0 spiro atoms. The van der Waals surface area contributed by atoms with Gasteiger partial charge in [-0.1, -0.05) is 12.1 Å². The van der Waals surface area contributed by atoms with E-state index in [9.17, 15) is 22.0 Å². The molecule has 0 amide bonds. The topological polar surface area (TPSA) is 38.9 Å². The lowest BCUT2D eigenvalue weighted by Crippen LogP contribution is -2.17. The van der Waals surface area contributed by atoms with Gasteiger partial charge in [-0.25, -0.2) is 8.78 Å². The first kappa shape index (κ1) is 15.4. The Hall–Kier alpha value is -2.02. The summed E-state index contributed by atoms with van der Waals surface area (Å²) in [4.78, 5) is 3.63. The smallest absolute Gasteiger partial charge is 0.322 e. The standard InChI is InChI=1S/C14H11F5N2/c15-10-3-1-2-8(13(10)16)6-11(20)12-5-4-9(7-21-12)14(17,18)19/h1-5,7,11H,6,20H2. The number of benzene rings is 1. The van der Waals surface area contributed by atoms with Crippen LogP contribution in [-0.4, -0.2) is 4.98 Å². The SMILES string of the molecule is NC(Cc1cccc(F)c1F)c1ccc(C(F)(F)F)cn1. The molecule has 0 saturated carbocycles. The normalized spacial score (nSPS) is 13.2. The fourth-order valence-electron chi connectivity index (χ4n) is 1.84. The summed E-state index contributed by atoms with van der Waals surface area (Å²) < 4.78 is 63.8. The van der Waals surface area contributed by atoms with E-state index in [0.29, 0.717) is 6.20 Å². The van der Waals surface area contributed by atoms with E-state index in [1.807, 2.05) is 0 Å². The molecule has 0 fully saturated rings. The van der Waals surface area contributed by atoms with Crippen molar-refractivity contribution in [2.75, 3.05) is 0 Å². The third-order valence-corrected chi connectivity index (χ3v) is 2.96. The van der Waals surface area contributed by atoms with Crippen LogP contribution >= 0.6 is 0 Å². The van der Waals surface area contributed by atoms with Gasteiger partial charge in [-0.15, -0.1) is 0 Å².